The highest BCUT2D eigenvalue weighted by Crippen LogP contribution is 2.25. The van der Waals surface area contributed by atoms with Gasteiger partial charge in [-0.25, -0.2) is 4.39 Å². The molecule has 0 saturated heterocycles. The van der Waals surface area contributed by atoms with E-state index in [1.807, 2.05) is 0 Å². The quantitative estimate of drug-likeness (QED) is 0.301. The molecule has 0 radical (unpaired) electrons. The van der Waals surface area contributed by atoms with Crippen LogP contribution in [0.15, 0.2) is 41.4 Å². The average Bonchev–Trinajstić information content (AvgIpc) is 2.65. The van der Waals surface area contributed by atoms with Crippen LogP contribution in [0.3, 0.4) is 0 Å². The van der Waals surface area contributed by atoms with Crippen LogP contribution < -0.4 is 20.1 Å². The molecule has 154 valence electrons. The molecule has 10 heteroatoms. The molecule has 0 heterocycles. The third-order valence-electron chi connectivity index (χ3n) is 3.63. The highest BCUT2D eigenvalue weighted by Gasteiger charge is 2.12. The second-order valence-corrected chi connectivity index (χ2v) is 5.42. The number of hydrogen-bond acceptors (Lipinski definition) is 4. The molecule has 0 atom stereocenters. The fourth-order valence-electron chi connectivity index (χ4n) is 2.28. The van der Waals surface area contributed by atoms with E-state index in [0.29, 0.717) is 22.8 Å². The van der Waals surface area contributed by atoms with E-state index < -0.39 is 18.2 Å². The molecular weight excluding hydrogens is 490 g/mol. The Balaban J connectivity index is 0.00000392. The predicted molar refractivity (Wildman–Crippen MR) is 110 cm³/mol. The van der Waals surface area contributed by atoms with E-state index in [1.54, 1.807) is 12.1 Å². The van der Waals surface area contributed by atoms with E-state index in [0.717, 1.165) is 0 Å². The maximum atomic E-state index is 13.4. The first-order chi connectivity index (χ1) is 12.9. The van der Waals surface area contributed by atoms with Gasteiger partial charge in [0.05, 0.1) is 7.11 Å². The Morgan fingerprint density at radius 1 is 1.14 bits per heavy atom. The Bertz CT molecular complexity index is 807. The second-order valence-electron chi connectivity index (χ2n) is 5.42. The zero-order chi connectivity index (χ0) is 19.8. The van der Waals surface area contributed by atoms with Crippen LogP contribution in [0.5, 0.6) is 17.2 Å². The molecule has 0 aromatic heterocycles. The monoisotopic (exact) mass is 511 g/mol. The first-order valence-electron chi connectivity index (χ1n) is 7.96. The molecule has 28 heavy (non-hydrogen) atoms. The van der Waals surface area contributed by atoms with Crippen LogP contribution in [0.4, 0.5) is 13.2 Å². The van der Waals surface area contributed by atoms with Crippen molar-refractivity contribution in [3.05, 3.63) is 53.3 Å². The van der Waals surface area contributed by atoms with Crippen LogP contribution in [-0.4, -0.2) is 31.8 Å². The Hall–Kier alpha value is -2.37. The molecule has 0 unspecified atom stereocenters. The van der Waals surface area contributed by atoms with Crippen LogP contribution in [0.25, 0.3) is 0 Å². The number of rotatable bonds is 7. The summed E-state index contributed by atoms with van der Waals surface area (Å²) >= 11 is 0. The number of nitrogens with one attached hydrogen (secondary N) is 2. The molecule has 0 aliphatic rings. The van der Waals surface area contributed by atoms with E-state index in [9.17, 15) is 18.3 Å². The molecule has 3 N–H and O–H groups in total. The van der Waals surface area contributed by atoms with Gasteiger partial charge >= 0.3 is 6.61 Å². The number of methoxy groups -OCH3 is 1. The first-order valence-corrected chi connectivity index (χ1v) is 7.96. The van der Waals surface area contributed by atoms with Crippen LogP contribution in [-0.2, 0) is 13.1 Å². The number of aromatic hydroxyl groups is 1. The van der Waals surface area contributed by atoms with Gasteiger partial charge in [-0.3, -0.25) is 4.99 Å². The standard InChI is InChI=1S/C18H20F3N3O3.HI/c1-22-18(23-9-11-3-5-15(25)14(19)7-11)24-10-12-8-13(26-2)4-6-16(12)27-17(20)21;/h3-8,17,25H,9-10H2,1-2H3,(H2,22,23,24);1H. The number of ether oxygens (including phenoxy) is 2. The lowest BCUT2D eigenvalue weighted by Gasteiger charge is -2.15. The molecule has 0 saturated carbocycles. The summed E-state index contributed by atoms with van der Waals surface area (Å²) in [4.78, 5) is 4.02. The Kier molecular flexibility index (Phi) is 9.69. The summed E-state index contributed by atoms with van der Waals surface area (Å²) in [5, 5.41) is 15.1. The van der Waals surface area contributed by atoms with Gasteiger partial charge < -0.3 is 25.2 Å². The lowest BCUT2D eigenvalue weighted by atomic mass is 10.2. The summed E-state index contributed by atoms with van der Waals surface area (Å²) in [6.07, 6.45) is 0. The first kappa shape index (κ1) is 23.7. The summed E-state index contributed by atoms with van der Waals surface area (Å²) in [6, 6.07) is 8.52. The van der Waals surface area contributed by atoms with Gasteiger partial charge in [0.15, 0.2) is 17.5 Å². The van der Waals surface area contributed by atoms with Gasteiger partial charge in [-0.1, -0.05) is 6.07 Å². The van der Waals surface area contributed by atoms with E-state index in [1.165, 1.54) is 38.4 Å². The van der Waals surface area contributed by atoms with Gasteiger partial charge in [0, 0.05) is 25.7 Å². The highest BCUT2D eigenvalue weighted by molar-refractivity contribution is 14.0. The Morgan fingerprint density at radius 3 is 2.46 bits per heavy atom. The number of alkyl halides is 2. The number of nitrogens with zero attached hydrogens (tertiary/aromatic N) is 1. The van der Waals surface area contributed by atoms with Gasteiger partial charge in [0.2, 0.25) is 0 Å². The van der Waals surface area contributed by atoms with Gasteiger partial charge in [-0.15, -0.1) is 24.0 Å². The van der Waals surface area contributed by atoms with Crippen molar-refractivity contribution in [1.82, 2.24) is 10.6 Å². The van der Waals surface area contributed by atoms with Crippen molar-refractivity contribution in [3.63, 3.8) is 0 Å². The number of phenols is 1. The molecule has 0 amide bonds. The van der Waals surface area contributed by atoms with Crippen LogP contribution in [0.1, 0.15) is 11.1 Å². The minimum atomic E-state index is -2.95. The van der Waals surface area contributed by atoms with Gasteiger partial charge in [0.25, 0.3) is 0 Å². The van der Waals surface area contributed by atoms with E-state index in [2.05, 4.69) is 20.4 Å². The number of benzene rings is 2. The zero-order valence-electron chi connectivity index (χ0n) is 15.2. The minimum absolute atomic E-state index is 0. The average molecular weight is 511 g/mol. The lowest BCUT2D eigenvalue weighted by Crippen LogP contribution is -2.36. The van der Waals surface area contributed by atoms with Crippen LogP contribution in [0, 0.1) is 5.82 Å². The van der Waals surface area contributed by atoms with Crippen molar-refractivity contribution >= 4 is 29.9 Å². The molecular formula is C18H21F3IN3O3. The smallest absolute Gasteiger partial charge is 0.387 e. The molecule has 2 aromatic rings. The summed E-state index contributed by atoms with van der Waals surface area (Å²) in [6.45, 7) is -2.56. The number of guanidine groups is 1. The van der Waals surface area contributed by atoms with Crippen LogP contribution in [0.2, 0.25) is 0 Å². The van der Waals surface area contributed by atoms with E-state index in [4.69, 9.17) is 4.74 Å². The predicted octanol–water partition coefficient (Wildman–Crippen LogP) is 3.62. The fraction of sp³-hybridized carbons (Fsp3) is 0.278. The molecule has 0 aliphatic carbocycles. The molecule has 0 fully saturated rings. The minimum Gasteiger partial charge on any atom is -0.505 e. The van der Waals surface area contributed by atoms with Crippen molar-refractivity contribution in [2.24, 2.45) is 4.99 Å². The van der Waals surface area contributed by atoms with Gasteiger partial charge in [-0.2, -0.15) is 8.78 Å². The molecule has 0 bridgehead atoms. The largest absolute Gasteiger partial charge is 0.505 e. The maximum absolute atomic E-state index is 13.4. The van der Waals surface area contributed by atoms with Crippen molar-refractivity contribution < 1.29 is 27.8 Å². The number of halogens is 4. The summed E-state index contributed by atoms with van der Waals surface area (Å²) in [5.41, 5.74) is 1.05. The number of hydrogen-bond donors (Lipinski definition) is 3. The zero-order valence-corrected chi connectivity index (χ0v) is 17.5. The van der Waals surface area contributed by atoms with E-state index in [-0.39, 0.29) is 42.8 Å². The topological polar surface area (TPSA) is 75.1 Å². The van der Waals surface area contributed by atoms with Crippen molar-refractivity contribution in [1.29, 1.82) is 0 Å². The second kappa shape index (κ2) is 11.5. The fourth-order valence-corrected chi connectivity index (χ4v) is 2.28. The molecule has 6 nitrogen and oxygen atoms in total. The third kappa shape index (κ3) is 6.98. The van der Waals surface area contributed by atoms with Crippen molar-refractivity contribution in [2.75, 3.05) is 14.2 Å². The molecule has 2 aromatic carbocycles. The van der Waals surface area contributed by atoms with Gasteiger partial charge in [0.1, 0.15) is 11.5 Å². The molecule has 0 spiro atoms. The lowest BCUT2D eigenvalue weighted by molar-refractivity contribution is -0.0505. The third-order valence-corrected chi connectivity index (χ3v) is 3.63. The number of aliphatic imine (C=N–C) groups is 1. The highest BCUT2D eigenvalue weighted by atomic mass is 127. The van der Waals surface area contributed by atoms with Gasteiger partial charge in [-0.05, 0) is 35.9 Å². The summed E-state index contributed by atoms with van der Waals surface area (Å²) < 4.78 is 48.1. The Labute approximate surface area is 177 Å². The van der Waals surface area contributed by atoms with Crippen molar-refractivity contribution in [3.8, 4) is 17.2 Å². The SMILES string of the molecule is CN=C(NCc1ccc(O)c(F)c1)NCc1cc(OC)ccc1OC(F)F.I. The summed E-state index contributed by atoms with van der Waals surface area (Å²) in [7, 11) is 3.01. The van der Waals surface area contributed by atoms with E-state index >= 15 is 0 Å². The summed E-state index contributed by atoms with van der Waals surface area (Å²) in [5.74, 6) is -0.257. The van der Waals surface area contributed by atoms with Crippen molar-refractivity contribution in [2.45, 2.75) is 19.7 Å². The Morgan fingerprint density at radius 2 is 1.86 bits per heavy atom. The molecule has 2 rings (SSSR count). The van der Waals surface area contributed by atoms with Crippen LogP contribution >= 0.6 is 24.0 Å². The normalized spacial score (nSPS) is 11.0. The maximum Gasteiger partial charge on any atom is 0.387 e. The molecule has 0 aliphatic heterocycles. The number of phenolic OH excluding ortho intramolecular Hbond substituents is 1.